The summed E-state index contributed by atoms with van der Waals surface area (Å²) >= 11 is 0. The molecule has 2 aromatic rings. The molecule has 3 rings (SSSR count). The van der Waals surface area contributed by atoms with Crippen molar-refractivity contribution in [1.29, 1.82) is 0 Å². The monoisotopic (exact) mass is 303 g/mol. The zero-order chi connectivity index (χ0) is 15.0. The minimum absolute atomic E-state index is 0.0376. The van der Waals surface area contributed by atoms with Crippen LogP contribution in [-0.4, -0.2) is 14.5 Å². The van der Waals surface area contributed by atoms with Gasteiger partial charge in [0.15, 0.2) is 0 Å². The van der Waals surface area contributed by atoms with E-state index >= 15 is 0 Å². The molecule has 5 nitrogen and oxygen atoms in total. The topological polar surface area (TPSA) is 98.2 Å². The molecule has 0 heterocycles. The average molecular weight is 303 g/mol. The Morgan fingerprint density at radius 1 is 1.05 bits per heavy atom. The fraction of sp³-hybridized carbons (Fsp3) is 0.200. The number of para-hydroxylation sites is 1. The molecular formula is C15H17N3O2S. The lowest BCUT2D eigenvalue weighted by atomic mass is 10.1. The SMILES string of the molecule is Nc1c(NC2CC2c2ccccc2)cccc1S(N)(=O)=O. The molecule has 110 valence electrons. The van der Waals surface area contributed by atoms with Crippen LogP contribution in [0.2, 0.25) is 0 Å². The van der Waals surface area contributed by atoms with Crippen LogP contribution in [0, 0.1) is 0 Å². The van der Waals surface area contributed by atoms with Crippen LogP contribution in [0.1, 0.15) is 17.9 Å². The fourth-order valence-corrected chi connectivity index (χ4v) is 3.23. The smallest absolute Gasteiger partial charge is 0.240 e. The second-order valence-corrected chi connectivity index (χ2v) is 6.80. The van der Waals surface area contributed by atoms with E-state index in [1.165, 1.54) is 11.6 Å². The van der Waals surface area contributed by atoms with Crippen molar-refractivity contribution >= 4 is 21.4 Å². The molecule has 0 aliphatic heterocycles. The van der Waals surface area contributed by atoms with E-state index in [9.17, 15) is 8.42 Å². The molecule has 21 heavy (non-hydrogen) atoms. The van der Waals surface area contributed by atoms with E-state index in [1.54, 1.807) is 12.1 Å². The van der Waals surface area contributed by atoms with Crippen molar-refractivity contribution in [2.24, 2.45) is 5.14 Å². The van der Waals surface area contributed by atoms with Crippen LogP contribution in [-0.2, 0) is 10.0 Å². The van der Waals surface area contributed by atoms with Crippen LogP contribution in [0.3, 0.4) is 0 Å². The van der Waals surface area contributed by atoms with Gasteiger partial charge in [0.2, 0.25) is 10.0 Å². The van der Waals surface area contributed by atoms with Gasteiger partial charge in [-0.05, 0) is 24.1 Å². The fourth-order valence-electron chi connectivity index (χ4n) is 2.54. The van der Waals surface area contributed by atoms with E-state index in [0.29, 0.717) is 11.6 Å². The van der Waals surface area contributed by atoms with Gasteiger partial charge in [-0.2, -0.15) is 0 Å². The van der Waals surface area contributed by atoms with Gasteiger partial charge in [0, 0.05) is 12.0 Å². The number of hydrogen-bond donors (Lipinski definition) is 3. The van der Waals surface area contributed by atoms with E-state index < -0.39 is 10.0 Å². The highest BCUT2D eigenvalue weighted by atomic mass is 32.2. The van der Waals surface area contributed by atoms with Gasteiger partial charge in [-0.1, -0.05) is 36.4 Å². The molecule has 1 fully saturated rings. The van der Waals surface area contributed by atoms with Gasteiger partial charge in [0.1, 0.15) is 4.90 Å². The first kappa shape index (κ1) is 13.9. The lowest BCUT2D eigenvalue weighted by Gasteiger charge is -2.12. The Balaban J connectivity index is 1.79. The number of sulfonamides is 1. The largest absolute Gasteiger partial charge is 0.396 e. The Morgan fingerprint density at radius 3 is 2.43 bits per heavy atom. The Morgan fingerprint density at radius 2 is 1.76 bits per heavy atom. The van der Waals surface area contributed by atoms with E-state index in [2.05, 4.69) is 17.4 Å². The summed E-state index contributed by atoms with van der Waals surface area (Å²) in [7, 11) is -3.80. The molecular weight excluding hydrogens is 286 g/mol. The Bertz CT molecular complexity index is 760. The maximum absolute atomic E-state index is 11.5. The third kappa shape index (κ3) is 2.86. The van der Waals surface area contributed by atoms with Crippen LogP contribution in [0.25, 0.3) is 0 Å². The van der Waals surface area contributed by atoms with Crippen LogP contribution in [0.4, 0.5) is 11.4 Å². The molecule has 1 aliphatic carbocycles. The van der Waals surface area contributed by atoms with Crippen molar-refractivity contribution < 1.29 is 8.42 Å². The van der Waals surface area contributed by atoms with Crippen molar-refractivity contribution in [3.05, 3.63) is 54.1 Å². The summed E-state index contributed by atoms with van der Waals surface area (Å²) in [6.07, 6.45) is 1.00. The van der Waals surface area contributed by atoms with Crippen LogP contribution < -0.4 is 16.2 Å². The highest BCUT2D eigenvalue weighted by Gasteiger charge is 2.38. The first-order valence-electron chi connectivity index (χ1n) is 6.69. The van der Waals surface area contributed by atoms with Crippen molar-refractivity contribution in [2.45, 2.75) is 23.3 Å². The third-order valence-electron chi connectivity index (χ3n) is 3.73. The number of benzene rings is 2. The molecule has 0 bridgehead atoms. The molecule has 6 heteroatoms. The maximum Gasteiger partial charge on any atom is 0.240 e. The molecule has 0 aromatic heterocycles. The van der Waals surface area contributed by atoms with Gasteiger partial charge in [0.25, 0.3) is 0 Å². The predicted octanol–water partition coefficient (Wildman–Crippen LogP) is 1.88. The van der Waals surface area contributed by atoms with E-state index in [1.807, 2.05) is 18.2 Å². The van der Waals surface area contributed by atoms with Crippen molar-refractivity contribution in [1.82, 2.24) is 0 Å². The minimum Gasteiger partial charge on any atom is -0.396 e. The van der Waals surface area contributed by atoms with Crippen LogP contribution in [0.15, 0.2) is 53.4 Å². The van der Waals surface area contributed by atoms with Gasteiger partial charge in [-0.3, -0.25) is 0 Å². The van der Waals surface area contributed by atoms with Gasteiger partial charge in [0.05, 0.1) is 11.4 Å². The van der Waals surface area contributed by atoms with Gasteiger partial charge >= 0.3 is 0 Å². The first-order valence-corrected chi connectivity index (χ1v) is 8.24. The van der Waals surface area contributed by atoms with Crippen molar-refractivity contribution in [2.75, 3.05) is 11.1 Å². The maximum atomic E-state index is 11.5. The second kappa shape index (κ2) is 5.05. The average Bonchev–Trinajstić information content (AvgIpc) is 3.20. The van der Waals surface area contributed by atoms with Crippen molar-refractivity contribution in [3.63, 3.8) is 0 Å². The molecule has 2 unspecified atom stereocenters. The molecule has 0 amide bonds. The summed E-state index contributed by atoms with van der Waals surface area (Å²) in [4.78, 5) is -0.0376. The van der Waals surface area contributed by atoms with E-state index in [0.717, 1.165) is 6.42 Å². The molecule has 1 aliphatic rings. The Kier molecular flexibility index (Phi) is 3.35. The molecule has 2 aromatic carbocycles. The Hall–Kier alpha value is -2.05. The standard InChI is InChI=1S/C15H17N3O2S/c16-15-12(7-4-8-14(15)21(17,19)20)18-13-9-11(13)10-5-2-1-3-6-10/h1-8,11,13,18H,9,16H2,(H2,17,19,20). The van der Waals surface area contributed by atoms with Crippen LogP contribution in [0.5, 0.6) is 0 Å². The molecule has 0 radical (unpaired) electrons. The number of nitrogens with two attached hydrogens (primary N) is 2. The summed E-state index contributed by atoms with van der Waals surface area (Å²) in [5, 5.41) is 8.46. The van der Waals surface area contributed by atoms with Crippen molar-refractivity contribution in [3.8, 4) is 0 Å². The van der Waals surface area contributed by atoms with Crippen LogP contribution >= 0.6 is 0 Å². The minimum atomic E-state index is -3.80. The normalized spacial score (nSPS) is 21.0. The predicted molar refractivity (Wildman–Crippen MR) is 83.4 cm³/mol. The number of rotatable bonds is 4. The van der Waals surface area contributed by atoms with E-state index in [-0.39, 0.29) is 16.6 Å². The summed E-state index contributed by atoms with van der Waals surface area (Å²) < 4.78 is 22.9. The lowest BCUT2D eigenvalue weighted by Crippen LogP contribution is -2.16. The third-order valence-corrected chi connectivity index (χ3v) is 4.70. The second-order valence-electron chi connectivity index (χ2n) is 5.27. The number of hydrogen-bond acceptors (Lipinski definition) is 4. The quantitative estimate of drug-likeness (QED) is 0.751. The van der Waals surface area contributed by atoms with Gasteiger partial charge in [-0.25, -0.2) is 13.6 Å². The zero-order valence-corrected chi connectivity index (χ0v) is 12.2. The summed E-state index contributed by atoms with van der Waals surface area (Å²) in [5.41, 5.74) is 7.98. The van der Waals surface area contributed by atoms with Gasteiger partial charge < -0.3 is 11.1 Å². The lowest BCUT2D eigenvalue weighted by molar-refractivity contribution is 0.598. The molecule has 5 N–H and O–H groups in total. The highest BCUT2D eigenvalue weighted by molar-refractivity contribution is 7.89. The zero-order valence-electron chi connectivity index (χ0n) is 11.4. The number of primary sulfonamides is 1. The van der Waals surface area contributed by atoms with Gasteiger partial charge in [-0.15, -0.1) is 0 Å². The molecule has 0 saturated heterocycles. The highest BCUT2D eigenvalue weighted by Crippen LogP contribution is 2.43. The van der Waals surface area contributed by atoms with E-state index in [4.69, 9.17) is 10.9 Å². The molecule has 1 saturated carbocycles. The Labute approximate surface area is 124 Å². The summed E-state index contributed by atoms with van der Waals surface area (Å²) in [5.74, 6) is 0.434. The summed E-state index contributed by atoms with van der Waals surface area (Å²) in [6.45, 7) is 0. The number of nitrogens with one attached hydrogen (secondary N) is 1. The number of nitrogen functional groups attached to an aromatic ring is 1. The first-order chi connectivity index (χ1) is 9.97. The number of anilines is 2. The summed E-state index contributed by atoms with van der Waals surface area (Å²) in [6, 6.07) is 15.3. The molecule has 2 atom stereocenters. The molecule has 0 spiro atoms.